The minimum Gasteiger partial charge on any atom is -0.312 e. The molecule has 3 aromatic rings. The van der Waals surface area contributed by atoms with Gasteiger partial charge < -0.3 is 4.98 Å². The van der Waals surface area contributed by atoms with Gasteiger partial charge in [0.25, 0.3) is 0 Å². The van der Waals surface area contributed by atoms with Crippen LogP contribution >= 0.6 is 0 Å². The molecule has 0 bridgehead atoms. The van der Waals surface area contributed by atoms with Crippen LogP contribution < -0.4 is 5.69 Å². The van der Waals surface area contributed by atoms with Crippen LogP contribution in [-0.4, -0.2) is 19.7 Å². The minimum atomic E-state index is -0.349. The summed E-state index contributed by atoms with van der Waals surface area (Å²) < 4.78 is 1.92. The van der Waals surface area contributed by atoms with Gasteiger partial charge in [-0.25, -0.2) is 14.5 Å². The van der Waals surface area contributed by atoms with Gasteiger partial charge in [-0.15, -0.1) is 0 Å². The molecule has 0 unspecified atom stereocenters. The second kappa shape index (κ2) is 5.01. The first-order valence-electron chi connectivity index (χ1n) is 6.74. The standard InChI is InChI=1S/C16H16N4O/c1-10-4-5-14(13-8-17-16(21)18-9-13)15(6-10)20-12(3)7-11(2)19-20/h4-9H,1-3H3,(H,17,18,21). The zero-order valence-electron chi connectivity index (χ0n) is 12.2. The maximum Gasteiger partial charge on any atom is 0.344 e. The first-order valence-corrected chi connectivity index (χ1v) is 6.74. The van der Waals surface area contributed by atoms with E-state index in [2.05, 4.69) is 21.1 Å². The Hall–Kier alpha value is -2.69. The molecule has 0 aliphatic rings. The lowest BCUT2D eigenvalue weighted by atomic mass is 10.0. The van der Waals surface area contributed by atoms with E-state index in [-0.39, 0.29) is 5.69 Å². The zero-order valence-corrected chi connectivity index (χ0v) is 12.2. The number of rotatable bonds is 2. The lowest BCUT2D eigenvalue weighted by Gasteiger charge is -2.12. The molecule has 0 aliphatic heterocycles. The summed E-state index contributed by atoms with van der Waals surface area (Å²) in [6.07, 6.45) is 3.26. The van der Waals surface area contributed by atoms with Crippen molar-refractivity contribution in [2.75, 3.05) is 0 Å². The largest absolute Gasteiger partial charge is 0.344 e. The van der Waals surface area contributed by atoms with Crippen molar-refractivity contribution in [1.82, 2.24) is 19.7 Å². The maximum absolute atomic E-state index is 11.1. The van der Waals surface area contributed by atoms with E-state index >= 15 is 0 Å². The van der Waals surface area contributed by atoms with Gasteiger partial charge in [-0.05, 0) is 38.5 Å². The first-order chi connectivity index (χ1) is 10.0. The van der Waals surface area contributed by atoms with Gasteiger partial charge in [-0.2, -0.15) is 5.10 Å². The topological polar surface area (TPSA) is 63.6 Å². The highest BCUT2D eigenvalue weighted by molar-refractivity contribution is 5.72. The van der Waals surface area contributed by atoms with Crippen molar-refractivity contribution in [3.8, 4) is 16.8 Å². The fourth-order valence-corrected chi connectivity index (χ4v) is 2.42. The normalized spacial score (nSPS) is 10.8. The summed E-state index contributed by atoms with van der Waals surface area (Å²) in [6.45, 7) is 6.04. The van der Waals surface area contributed by atoms with E-state index in [1.54, 1.807) is 12.4 Å². The zero-order chi connectivity index (χ0) is 15.0. The molecule has 2 aromatic heterocycles. The number of aromatic amines is 1. The van der Waals surface area contributed by atoms with Gasteiger partial charge in [-0.1, -0.05) is 12.1 Å². The molecule has 5 nitrogen and oxygen atoms in total. The van der Waals surface area contributed by atoms with Crippen LogP contribution in [0.5, 0.6) is 0 Å². The van der Waals surface area contributed by atoms with E-state index < -0.39 is 0 Å². The van der Waals surface area contributed by atoms with Crippen molar-refractivity contribution in [3.05, 3.63) is 64.1 Å². The summed E-state index contributed by atoms with van der Waals surface area (Å²) >= 11 is 0. The van der Waals surface area contributed by atoms with Crippen molar-refractivity contribution in [2.45, 2.75) is 20.8 Å². The molecule has 0 atom stereocenters. The van der Waals surface area contributed by atoms with Crippen LogP contribution in [0.1, 0.15) is 17.0 Å². The molecule has 0 saturated heterocycles. The second-order valence-electron chi connectivity index (χ2n) is 5.17. The molecule has 2 heterocycles. The molecule has 0 amide bonds. The van der Waals surface area contributed by atoms with Crippen LogP contribution in [0.3, 0.4) is 0 Å². The van der Waals surface area contributed by atoms with E-state index in [1.165, 1.54) is 0 Å². The fraction of sp³-hybridized carbons (Fsp3) is 0.188. The third-order valence-electron chi connectivity index (χ3n) is 3.37. The van der Waals surface area contributed by atoms with E-state index in [0.29, 0.717) is 0 Å². The Morgan fingerprint density at radius 3 is 2.57 bits per heavy atom. The van der Waals surface area contributed by atoms with Crippen molar-refractivity contribution in [2.24, 2.45) is 0 Å². The maximum atomic E-state index is 11.1. The van der Waals surface area contributed by atoms with Gasteiger partial charge in [0.1, 0.15) is 0 Å². The summed E-state index contributed by atoms with van der Waals surface area (Å²) in [4.78, 5) is 17.5. The minimum absolute atomic E-state index is 0.349. The molecule has 106 valence electrons. The third-order valence-corrected chi connectivity index (χ3v) is 3.37. The molecule has 0 fully saturated rings. The van der Waals surface area contributed by atoms with Crippen molar-refractivity contribution >= 4 is 0 Å². The van der Waals surface area contributed by atoms with Crippen molar-refractivity contribution in [1.29, 1.82) is 0 Å². The van der Waals surface area contributed by atoms with E-state index in [9.17, 15) is 4.79 Å². The average Bonchev–Trinajstić information content (AvgIpc) is 2.79. The molecule has 0 aliphatic carbocycles. The highest BCUT2D eigenvalue weighted by Crippen LogP contribution is 2.27. The monoisotopic (exact) mass is 280 g/mol. The molecule has 3 rings (SSSR count). The Kier molecular flexibility index (Phi) is 3.17. The van der Waals surface area contributed by atoms with Crippen molar-refractivity contribution < 1.29 is 0 Å². The van der Waals surface area contributed by atoms with Crippen LogP contribution in [0.15, 0.2) is 41.5 Å². The summed E-state index contributed by atoms with van der Waals surface area (Å²) in [6, 6.07) is 8.18. The molecule has 5 heteroatoms. The Balaban J connectivity index is 2.24. The van der Waals surface area contributed by atoms with Crippen LogP contribution in [-0.2, 0) is 0 Å². The van der Waals surface area contributed by atoms with E-state index in [4.69, 9.17) is 0 Å². The Bertz CT molecular complexity index is 840. The summed E-state index contributed by atoms with van der Waals surface area (Å²) in [5.74, 6) is 0. The predicted octanol–water partition coefficient (Wildman–Crippen LogP) is 2.55. The molecule has 21 heavy (non-hydrogen) atoms. The quantitative estimate of drug-likeness (QED) is 0.784. The second-order valence-corrected chi connectivity index (χ2v) is 5.17. The van der Waals surface area contributed by atoms with Gasteiger partial charge in [0.05, 0.1) is 11.4 Å². The van der Waals surface area contributed by atoms with Crippen LogP contribution in [0.2, 0.25) is 0 Å². The Morgan fingerprint density at radius 2 is 1.95 bits per heavy atom. The van der Waals surface area contributed by atoms with Crippen molar-refractivity contribution in [3.63, 3.8) is 0 Å². The van der Waals surface area contributed by atoms with Crippen LogP contribution in [0.4, 0.5) is 0 Å². The SMILES string of the molecule is Cc1ccc(-c2cnc(=O)[nH]c2)c(-n2nc(C)cc2C)c1. The number of H-pyrrole nitrogens is 1. The lowest BCUT2D eigenvalue weighted by Crippen LogP contribution is -2.09. The molecule has 0 spiro atoms. The number of aryl methyl sites for hydroxylation is 3. The Labute approximate surface area is 122 Å². The van der Waals surface area contributed by atoms with Gasteiger partial charge in [0.2, 0.25) is 0 Å². The molecule has 1 aromatic carbocycles. The first kappa shape index (κ1) is 13.3. The number of aromatic nitrogens is 4. The highest BCUT2D eigenvalue weighted by atomic mass is 16.1. The van der Waals surface area contributed by atoms with Gasteiger partial charge in [0, 0.05) is 29.2 Å². The van der Waals surface area contributed by atoms with E-state index in [0.717, 1.165) is 33.8 Å². The third kappa shape index (κ3) is 2.50. The number of nitrogens with zero attached hydrogens (tertiary/aromatic N) is 3. The van der Waals surface area contributed by atoms with Crippen LogP contribution in [0.25, 0.3) is 16.8 Å². The van der Waals surface area contributed by atoms with Crippen LogP contribution in [0, 0.1) is 20.8 Å². The van der Waals surface area contributed by atoms with Gasteiger partial charge >= 0.3 is 5.69 Å². The Morgan fingerprint density at radius 1 is 1.14 bits per heavy atom. The summed E-state index contributed by atoms with van der Waals surface area (Å²) in [7, 11) is 0. The number of hydrogen-bond acceptors (Lipinski definition) is 3. The molecular formula is C16H16N4O. The summed E-state index contributed by atoms with van der Waals surface area (Å²) in [5.41, 5.74) is 5.66. The highest BCUT2D eigenvalue weighted by Gasteiger charge is 2.11. The van der Waals surface area contributed by atoms with Gasteiger partial charge in [-0.3, -0.25) is 0 Å². The smallest absolute Gasteiger partial charge is 0.312 e. The fourth-order valence-electron chi connectivity index (χ4n) is 2.42. The predicted molar refractivity (Wildman–Crippen MR) is 81.6 cm³/mol. The lowest BCUT2D eigenvalue weighted by molar-refractivity contribution is 0.834. The number of benzene rings is 1. The molecular weight excluding hydrogens is 264 g/mol. The number of nitrogens with one attached hydrogen (secondary N) is 1. The summed E-state index contributed by atoms with van der Waals surface area (Å²) in [5, 5.41) is 4.55. The average molecular weight is 280 g/mol. The number of hydrogen-bond donors (Lipinski definition) is 1. The molecule has 1 N–H and O–H groups in total. The van der Waals surface area contributed by atoms with E-state index in [1.807, 2.05) is 43.7 Å². The van der Waals surface area contributed by atoms with Gasteiger partial charge in [0.15, 0.2) is 0 Å². The molecule has 0 saturated carbocycles. The molecule has 0 radical (unpaired) electrons.